The summed E-state index contributed by atoms with van der Waals surface area (Å²) < 4.78 is 52.1. The Morgan fingerprint density at radius 2 is 1.96 bits per heavy atom. The number of rotatable bonds is 3. The maximum atomic E-state index is 13.1. The summed E-state index contributed by atoms with van der Waals surface area (Å²) >= 11 is 0. The molecule has 2 atom stereocenters. The highest BCUT2D eigenvalue weighted by molar-refractivity contribution is 5.96. The van der Waals surface area contributed by atoms with Crippen LogP contribution in [-0.2, 0) is 6.18 Å². The van der Waals surface area contributed by atoms with Crippen molar-refractivity contribution in [3.8, 4) is 0 Å². The first-order chi connectivity index (χ1) is 10.6. The second-order valence-corrected chi connectivity index (χ2v) is 6.29. The van der Waals surface area contributed by atoms with Crippen molar-refractivity contribution in [3.63, 3.8) is 0 Å². The van der Waals surface area contributed by atoms with Crippen molar-refractivity contribution in [2.24, 2.45) is 5.92 Å². The summed E-state index contributed by atoms with van der Waals surface area (Å²) in [5, 5.41) is 2.66. The molecule has 1 aromatic carbocycles. The molecule has 1 amide bonds. The third-order valence-electron chi connectivity index (χ3n) is 4.22. The van der Waals surface area contributed by atoms with E-state index in [1.165, 1.54) is 0 Å². The lowest BCUT2D eigenvalue weighted by atomic mass is 10.0. The van der Waals surface area contributed by atoms with E-state index in [0.29, 0.717) is 18.7 Å². The van der Waals surface area contributed by atoms with Crippen LogP contribution in [0.2, 0.25) is 0 Å². The second-order valence-electron chi connectivity index (χ2n) is 6.29. The lowest BCUT2D eigenvalue weighted by molar-refractivity contribution is -0.138. The minimum Gasteiger partial charge on any atom is -0.348 e. The molecular formula is C16H20F4N2O. The molecule has 0 radical (unpaired) electrons. The number of nitrogens with one attached hydrogen (secondary N) is 1. The van der Waals surface area contributed by atoms with Gasteiger partial charge in [-0.05, 0) is 38.0 Å². The molecule has 0 spiro atoms. The Balaban J connectivity index is 2.19. The number of nitrogens with zero attached hydrogens (tertiary/aromatic N) is 1. The van der Waals surface area contributed by atoms with E-state index in [1.807, 2.05) is 20.8 Å². The monoisotopic (exact) mass is 332 g/mol. The molecule has 1 aliphatic rings. The van der Waals surface area contributed by atoms with Gasteiger partial charge >= 0.3 is 6.18 Å². The summed E-state index contributed by atoms with van der Waals surface area (Å²) in [6, 6.07) is 2.18. The van der Waals surface area contributed by atoms with E-state index in [0.717, 1.165) is 18.7 Å². The van der Waals surface area contributed by atoms with Crippen LogP contribution in [0.1, 0.15) is 36.7 Å². The number of benzene rings is 1. The summed E-state index contributed by atoms with van der Waals surface area (Å²) in [5.41, 5.74) is -1.80. The third kappa shape index (κ3) is 4.02. The van der Waals surface area contributed by atoms with Gasteiger partial charge in [0.25, 0.3) is 5.91 Å². The molecule has 0 saturated carbocycles. The summed E-state index contributed by atoms with van der Waals surface area (Å²) in [4.78, 5) is 14.4. The van der Waals surface area contributed by atoms with Crippen molar-refractivity contribution in [3.05, 3.63) is 35.1 Å². The van der Waals surface area contributed by atoms with E-state index >= 15 is 0 Å². The van der Waals surface area contributed by atoms with Crippen LogP contribution in [0.3, 0.4) is 0 Å². The van der Waals surface area contributed by atoms with E-state index < -0.39 is 29.0 Å². The lowest BCUT2D eigenvalue weighted by Crippen LogP contribution is -2.41. The molecule has 1 N–H and O–H groups in total. The molecule has 23 heavy (non-hydrogen) atoms. The number of likely N-dealkylation sites (tertiary alicyclic amines) is 1. The fourth-order valence-electron chi connectivity index (χ4n) is 2.81. The van der Waals surface area contributed by atoms with Crippen molar-refractivity contribution >= 4 is 5.91 Å². The van der Waals surface area contributed by atoms with Crippen LogP contribution in [-0.4, -0.2) is 36.0 Å². The predicted molar refractivity (Wildman–Crippen MR) is 78.5 cm³/mol. The highest BCUT2D eigenvalue weighted by Crippen LogP contribution is 2.32. The van der Waals surface area contributed by atoms with Crippen LogP contribution in [0.25, 0.3) is 0 Å². The van der Waals surface area contributed by atoms with Crippen molar-refractivity contribution in [2.45, 2.75) is 39.0 Å². The molecular weight excluding hydrogens is 312 g/mol. The fraction of sp³-hybridized carbons (Fsp3) is 0.562. The topological polar surface area (TPSA) is 32.3 Å². The molecule has 0 unspecified atom stereocenters. The van der Waals surface area contributed by atoms with Crippen LogP contribution in [0.5, 0.6) is 0 Å². The smallest absolute Gasteiger partial charge is 0.348 e. The number of alkyl halides is 3. The molecule has 3 nitrogen and oxygen atoms in total. The highest BCUT2D eigenvalue weighted by Gasteiger charge is 2.37. The zero-order valence-electron chi connectivity index (χ0n) is 13.2. The van der Waals surface area contributed by atoms with Gasteiger partial charge in [0.05, 0.1) is 11.1 Å². The number of hydrogen-bond acceptors (Lipinski definition) is 2. The molecule has 7 heteroatoms. The molecule has 0 aliphatic carbocycles. The SMILES string of the molecule is CC(C)N1C[C@@H](C)[C@@H](NC(=O)c2ccc(F)cc2C(F)(F)F)C1. The van der Waals surface area contributed by atoms with E-state index in [-0.39, 0.29) is 12.0 Å². The standard InChI is InChI=1S/C16H20F4N2O/c1-9(2)22-7-10(3)14(8-22)21-15(23)12-5-4-11(17)6-13(12)16(18,19)20/h4-6,9-10,14H,7-8H2,1-3H3,(H,21,23)/t10-,14+/m1/s1. The third-order valence-corrected chi connectivity index (χ3v) is 4.22. The number of carbonyl (C=O) groups is 1. The Labute approximate surface area is 132 Å². The van der Waals surface area contributed by atoms with E-state index in [9.17, 15) is 22.4 Å². The first-order valence-electron chi connectivity index (χ1n) is 7.51. The maximum Gasteiger partial charge on any atom is 0.417 e. The molecule has 1 saturated heterocycles. The van der Waals surface area contributed by atoms with Crippen molar-refractivity contribution in [1.29, 1.82) is 0 Å². The second kappa shape index (κ2) is 6.47. The van der Waals surface area contributed by atoms with Crippen LogP contribution >= 0.6 is 0 Å². The molecule has 0 aromatic heterocycles. The quantitative estimate of drug-likeness (QED) is 0.862. The first-order valence-corrected chi connectivity index (χ1v) is 7.51. The Bertz CT molecular complexity index is 586. The largest absolute Gasteiger partial charge is 0.417 e. The highest BCUT2D eigenvalue weighted by atomic mass is 19.4. The summed E-state index contributed by atoms with van der Waals surface area (Å²) in [5.74, 6) is -1.70. The Hall–Kier alpha value is -1.63. The minimum atomic E-state index is -4.78. The molecule has 1 aliphatic heterocycles. The van der Waals surface area contributed by atoms with Crippen molar-refractivity contribution in [1.82, 2.24) is 10.2 Å². The van der Waals surface area contributed by atoms with Crippen LogP contribution in [0.4, 0.5) is 17.6 Å². The van der Waals surface area contributed by atoms with Gasteiger partial charge in [-0.25, -0.2) is 4.39 Å². The van der Waals surface area contributed by atoms with Gasteiger partial charge in [0.2, 0.25) is 0 Å². The molecule has 128 valence electrons. The van der Waals surface area contributed by atoms with Gasteiger partial charge in [0.1, 0.15) is 5.82 Å². The van der Waals surface area contributed by atoms with Gasteiger partial charge in [-0.3, -0.25) is 9.69 Å². The van der Waals surface area contributed by atoms with Gasteiger partial charge < -0.3 is 5.32 Å². The van der Waals surface area contributed by atoms with Gasteiger partial charge in [0.15, 0.2) is 0 Å². The number of hydrogen-bond donors (Lipinski definition) is 1. The van der Waals surface area contributed by atoms with E-state index in [4.69, 9.17) is 0 Å². The predicted octanol–water partition coefficient (Wildman–Crippen LogP) is 3.30. The average Bonchev–Trinajstić information content (AvgIpc) is 2.79. The summed E-state index contributed by atoms with van der Waals surface area (Å²) in [6.45, 7) is 7.37. The number of amides is 1. The first kappa shape index (κ1) is 17.7. The Kier molecular flexibility index (Phi) is 4.98. The fourth-order valence-corrected chi connectivity index (χ4v) is 2.81. The molecule has 1 fully saturated rings. The van der Waals surface area contributed by atoms with Crippen LogP contribution in [0.15, 0.2) is 18.2 Å². The Morgan fingerprint density at radius 1 is 1.30 bits per heavy atom. The van der Waals surface area contributed by atoms with Gasteiger partial charge in [0, 0.05) is 25.2 Å². The van der Waals surface area contributed by atoms with Crippen LogP contribution < -0.4 is 5.32 Å². The van der Waals surface area contributed by atoms with Gasteiger partial charge in [-0.15, -0.1) is 0 Å². The molecule has 0 bridgehead atoms. The molecule has 1 heterocycles. The molecule has 1 aromatic rings. The van der Waals surface area contributed by atoms with E-state index in [2.05, 4.69) is 10.2 Å². The average molecular weight is 332 g/mol. The normalized spacial score (nSPS) is 22.6. The van der Waals surface area contributed by atoms with Crippen molar-refractivity contribution in [2.75, 3.05) is 13.1 Å². The number of halogens is 4. The zero-order valence-corrected chi connectivity index (χ0v) is 13.2. The summed E-state index contributed by atoms with van der Waals surface area (Å²) in [7, 11) is 0. The zero-order chi connectivity index (χ0) is 17.4. The maximum absolute atomic E-state index is 13.1. The van der Waals surface area contributed by atoms with Gasteiger partial charge in [-0.1, -0.05) is 6.92 Å². The Morgan fingerprint density at radius 3 is 2.48 bits per heavy atom. The van der Waals surface area contributed by atoms with Crippen LogP contribution in [0, 0.1) is 11.7 Å². The lowest BCUT2D eigenvalue weighted by Gasteiger charge is -2.21. The van der Waals surface area contributed by atoms with Gasteiger partial charge in [-0.2, -0.15) is 13.2 Å². The number of carbonyl (C=O) groups excluding carboxylic acids is 1. The molecule has 2 rings (SSSR count). The minimum absolute atomic E-state index is 0.135. The summed E-state index contributed by atoms with van der Waals surface area (Å²) in [6.07, 6.45) is -4.78. The van der Waals surface area contributed by atoms with Crippen molar-refractivity contribution < 1.29 is 22.4 Å². The van der Waals surface area contributed by atoms with E-state index in [1.54, 1.807) is 0 Å².